The number of aromatic nitrogens is 2. The van der Waals surface area contributed by atoms with Gasteiger partial charge in [0, 0.05) is 47.1 Å². The number of rotatable bonds is 9. The molecule has 2 aliphatic rings. The molecule has 0 unspecified atom stereocenters. The number of carbonyl (C=O) groups is 1. The lowest BCUT2D eigenvalue weighted by Crippen LogP contribution is -2.33. The first-order valence-electron chi connectivity index (χ1n) is 12.7. The van der Waals surface area contributed by atoms with Gasteiger partial charge < -0.3 is 5.32 Å². The second-order valence-corrected chi connectivity index (χ2v) is 9.77. The fourth-order valence-electron chi connectivity index (χ4n) is 5.32. The SMILES string of the molecule is O=C(CCC1CCN(Cc2ccccc2[N+](=O)[O-])CC1)c1ccc(Nc2ncnc3c2CCC3)cc1. The summed E-state index contributed by atoms with van der Waals surface area (Å²) in [5.74, 6) is 1.55. The molecular formula is C28H31N5O3. The predicted molar refractivity (Wildman–Crippen MR) is 138 cm³/mol. The first-order valence-corrected chi connectivity index (χ1v) is 12.7. The number of para-hydroxylation sites is 1. The Morgan fingerprint density at radius 3 is 2.61 bits per heavy atom. The number of likely N-dealkylation sites (tertiary alicyclic amines) is 1. The molecule has 1 fully saturated rings. The number of hydrogen-bond donors (Lipinski definition) is 1. The topological polar surface area (TPSA) is 101 Å². The van der Waals surface area contributed by atoms with Gasteiger partial charge in [-0.25, -0.2) is 9.97 Å². The maximum absolute atomic E-state index is 12.8. The Balaban J connectivity index is 1.08. The van der Waals surface area contributed by atoms with Crippen molar-refractivity contribution in [3.63, 3.8) is 0 Å². The molecule has 1 saturated heterocycles. The standard InChI is InChI=1S/C28H31N5O3/c34-27(21-9-11-23(12-10-21)31-28-24-5-3-6-25(24)29-19-30-28)13-8-20-14-16-32(17-15-20)18-22-4-1-2-7-26(22)33(35)36/h1-2,4,7,9-12,19-20H,3,5-6,8,13-18H2,(H,29,30,31). The van der Waals surface area contributed by atoms with Gasteiger partial charge in [0.05, 0.1) is 4.92 Å². The number of hydrogen-bond acceptors (Lipinski definition) is 7. The van der Waals surface area contributed by atoms with Gasteiger partial charge in [-0.1, -0.05) is 18.2 Å². The largest absolute Gasteiger partial charge is 0.340 e. The lowest BCUT2D eigenvalue weighted by molar-refractivity contribution is -0.385. The minimum Gasteiger partial charge on any atom is -0.340 e. The van der Waals surface area contributed by atoms with E-state index in [1.54, 1.807) is 18.5 Å². The summed E-state index contributed by atoms with van der Waals surface area (Å²) in [6.45, 7) is 2.40. The van der Waals surface area contributed by atoms with Crippen molar-refractivity contribution in [3.8, 4) is 0 Å². The number of piperidine rings is 1. The van der Waals surface area contributed by atoms with E-state index in [9.17, 15) is 14.9 Å². The molecule has 0 amide bonds. The molecule has 2 heterocycles. The highest BCUT2D eigenvalue weighted by Crippen LogP contribution is 2.29. The number of Topliss-reactive ketones (excluding diaryl/α,β-unsaturated/α-hetero) is 1. The number of fused-ring (bicyclic) bond motifs is 1. The van der Waals surface area contributed by atoms with E-state index in [2.05, 4.69) is 20.2 Å². The lowest BCUT2D eigenvalue weighted by atomic mass is 9.90. The summed E-state index contributed by atoms with van der Waals surface area (Å²) in [6, 6.07) is 14.6. The Morgan fingerprint density at radius 1 is 1.06 bits per heavy atom. The van der Waals surface area contributed by atoms with Crippen molar-refractivity contribution < 1.29 is 9.72 Å². The Kier molecular flexibility index (Phi) is 7.32. The van der Waals surface area contributed by atoms with E-state index in [4.69, 9.17) is 0 Å². The first-order chi connectivity index (χ1) is 17.6. The van der Waals surface area contributed by atoms with Crippen LogP contribution in [0, 0.1) is 16.0 Å². The summed E-state index contributed by atoms with van der Waals surface area (Å²) in [5.41, 5.74) is 4.94. The number of ketones is 1. The maximum atomic E-state index is 12.8. The molecule has 1 aliphatic carbocycles. The number of nitrogens with zero attached hydrogens (tertiary/aromatic N) is 4. The number of carbonyl (C=O) groups excluding carboxylic acids is 1. The van der Waals surface area contributed by atoms with Gasteiger partial charge >= 0.3 is 0 Å². The van der Waals surface area contributed by atoms with E-state index in [0.717, 1.165) is 79.9 Å². The van der Waals surface area contributed by atoms with Gasteiger partial charge in [0.25, 0.3) is 5.69 Å². The van der Waals surface area contributed by atoms with Gasteiger partial charge in [-0.15, -0.1) is 0 Å². The van der Waals surface area contributed by atoms with Gasteiger partial charge in [-0.3, -0.25) is 19.8 Å². The summed E-state index contributed by atoms with van der Waals surface area (Å²) >= 11 is 0. The van der Waals surface area contributed by atoms with Gasteiger partial charge in [-0.05, 0) is 81.8 Å². The van der Waals surface area contributed by atoms with Crippen molar-refractivity contribution in [2.45, 2.75) is 51.5 Å². The van der Waals surface area contributed by atoms with E-state index in [-0.39, 0.29) is 16.4 Å². The van der Waals surface area contributed by atoms with E-state index in [0.29, 0.717) is 18.9 Å². The van der Waals surface area contributed by atoms with Crippen molar-refractivity contribution in [1.82, 2.24) is 14.9 Å². The number of nitrogens with one attached hydrogen (secondary N) is 1. The quantitative estimate of drug-likeness (QED) is 0.243. The van der Waals surface area contributed by atoms with E-state index in [1.165, 1.54) is 5.56 Å². The minimum atomic E-state index is -0.307. The average Bonchev–Trinajstić information content (AvgIpc) is 3.39. The molecular weight excluding hydrogens is 454 g/mol. The highest BCUT2D eigenvalue weighted by molar-refractivity contribution is 5.96. The molecule has 8 heteroatoms. The zero-order valence-electron chi connectivity index (χ0n) is 20.4. The van der Waals surface area contributed by atoms with Crippen molar-refractivity contribution in [2.75, 3.05) is 18.4 Å². The molecule has 0 bridgehead atoms. The molecule has 186 valence electrons. The monoisotopic (exact) mass is 485 g/mol. The van der Waals surface area contributed by atoms with Crippen LogP contribution in [0.15, 0.2) is 54.9 Å². The van der Waals surface area contributed by atoms with Crippen molar-refractivity contribution in [1.29, 1.82) is 0 Å². The third kappa shape index (κ3) is 5.60. The summed E-state index contributed by atoms with van der Waals surface area (Å²) in [4.78, 5) is 34.8. The Hall–Kier alpha value is -3.65. The van der Waals surface area contributed by atoms with Gasteiger partial charge in [0.1, 0.15) is 12.1 Å². The average molecular weight is 486 g/mol. The van der Waals surface area contributed by atoms with Crippen LogP contribution in [0.4, 0.5) is 17.2 Å². The summed E-state index contributed by atoms with van der Waals surface area (Å²) < 4.78 is 0. The fraction of sp³-hybridized carbons (Fsp3) is 0.393. The maximum Gasteiger partial charge on any atom is 0.273 e. The molecule has 0 saturated carbocycles. The van der Waals surface area contributed by atoms with Crippen LogP contribution in [0.1, 0.15) is 59.3 Å². The molecule has 1 aliphatic heterocycles. The number of anilines is 2. The van der Waals surface area contributed by atoms with Crippen LogP contribution < -0.4 is 5.32 Å². The number of benzene rings is 2. The third-order valence-electron chi connectivity index (χ3n) is 7.41. The van der Waals surface area contributed by atoms with Crippen molar-refractivity contribution in [2.24, 2.45) is 5.92 Å². The van der Waals surface area contributed by atoms with Gasteiger partial charge in [0.15, 0.2) is 5.78 Å². The smallest absolute Gasteiger partial charge is 0.273 e. The zero-order chi connectivity index (χ0) is 24.9. The van der Waals surface area contributed by atoms with E-state index < -0.39 is 0 Å². The Morgan fingerprint density at radius 2 is 1.83 bits per heavy atom. The van der Waals surface area contributed by atoms with Crippen LogP contribution in [-0.4, -0.2) is 38.7 Å². The second-order valence-electron chi connectivity index (χ2n) is 9.77. The molecule has 3 aromatic rings. The molecule has 1 N–H and O–H groups in total. The Labute approximate surface area is 210 Å². The summed E-state index contributed by atoms with van der Waals surface area (Å²) in [5, 5.41) is 14.7. The van der Waals surface area contributed by atoms with Gasteiger partial charge in [-0.2, -0.15) is 0 Å². The van der Waals surface area contributed by atoms with Crippen molar-refractivity contribution >= 4 is 23.0 Å². The second kappa shape index (κ2) is 11.0. The van der Waals surface area contributed by atoms with Crippen LogP contribution in [0.5, 0.6) is 0 Å². The molecule has 1 aromatic heterocycles. The zero-order valence-corrected chi connectivity index (χ0v) is 20.4. The summed E-state index contributed by atoms with van der Waals surface area (Å²) in [6.07, 6.45) is 8.19. The molecule has 0 radical (unpaired) electrons. The predicted octanol–water partition coefficient (Wildman–Crippen LogP) is 5.49. The minimum absolute atomic E-state index is 0.173. The van der Waals surface area contributed by atoms with E-state index in [1.807, 2.05) is 36.4 Å². The molecule has 8 nitrogen and oxygen atoms in total. The van der Waals surface area contributed by atoms with Crippen LogP contribution >= 0.6 is 0 Å². The van der Waals surface area contributed by atoms with Crippen LogP contribution in [-0.2, 0) is 19.4 Å². The summed E-state index contributed by atoms with van der Waals surface area (Å²) in [7, 11) is 0. The third-order valence-corrected chi connectivity index (χ3v) is 7.41. The number of aryl methyl sites for hydroxylation is 1. The van der Waals surface area contributed by atoms with Crippen LogP contribution in [0.2, 0.25) is 0 Å². The van der Waals surface area contributed by atoms with Crippen molar-refractivity contribution in [3.05, 3.63) is 87.4 Å². The highest BCUT2D eigenvalue weighted by Gasteiger charge is 2.23. The van der Waals surface area contributed by atoms with E-state index >= 15 is 0 Å². The molecule has 0 spiro atoms. The van der Waals surface area contributed by atoms with Crippen LogP contribution in [0.3, 0.4) is 0 Å². The van der Waals surface area contributed by atoms with Crippen LogP contribution in [0.25, 0.3) is 0 Å². The fourth-order valence-corrected chi connectivity index (χ4v) is 5.32. The number of nitro benzene ring substituents is 1. The van der Waals surface area contributed by atoms with Gasteiger partial charge in [0.2, 0.25) is 0 Å². The normalized spacial score (nSPS) is 16.0. The lowest BCUT2D eigenvalue weighted by Gasteiger charge is -2.31. The molecule has 0 atom stereocenters. The Bertz CT molecular complexity index is 1240. The first kappa shape index (κ1) is 24.1. The molecule has 36 heavy (non-hydrogen) atoms. The molecule has 5 rings (SSSR count). The highest BCUT2D eigenvalue weighted by atomic mass is 16.6. The molecule has 2 aromatic carbocycles. The number of nitro groups is 1.